The predicted octanol–water partition coefficient (Wildman–Crippen LogP) is 4.28. The Balaban J connectivity index is 2.03. The fraction of sp³-hybridized carbons (Fsp3) is 0.190. The quantitative estimate of drug-likeness (QED) is 0.487. The third-order valence-corrected chi connectivity index (χ3v) is 5.14. The topological polar surface area (TPSA) is 61.8 Å². The Labute approximate surface area is 176 Å². The summed E-state index contributed by atoms with van der Waals surface area (Å²) in [7, 11) is 0. The molecule has 2 aromatic heterocycles. The highest BCUT2D eigenvalue weighted by Crippen LogP contribution is 2.19. The molecule has 6 nitrogen and oxygen atoms in total. The zero-order valence-electron chi connectivity index (χ0n) is 15.8. The van der Waals surface area contributed by atoms with Crippen molar-refractivity contribution >= 4 is 34.4 Å². The number of halogens is 2. The van der Waals surface area contributed by atoms with Crippen molar-refractivity contribution in [3.8, 4) is 5.69 Å². The normalized spacial score (nSPS) is 11.5. The van der Waals surface area contributed by atoms with E-state index in [9.17, 15) is 9.59 Å². The van der Waals surface area contributed by atoms with Gasteiger partial charge in [-0.25, -0.2) is 14.3 Å². The van der Waals surface area contributed by atoms with Crippen LogP contribution in [0.5, 0.6) is 0 Å². The summed E-state index contributed by atoms with van der Waals surface area (Å²) in [5.74, 6) is 0. The van der Waals surface area contributed by atoms with E-state index in [1.54, 1.807) is 55.1 Å². The van der Waals surface area contributed by atoms with Crippen LogP contribution in [0.2, 0.25) is 10.0 Å². The maximum atomic E-state index is 13.2. The van der Waals surface area contributed by atoms with Gasteiger partial charge >= 0.3 is 5.69 Å². The second-order valence-electron chi connectivity index (χ2n) is 7.04. The van der Waals surface area contributed by atoms with Gasteiger partial charge < -0.3 is 4.57 Å². The van der Waals surface area contributed by atoms with Crippen LogP contribution in [0.4, 0.5) is 0 Å². The fourth-order valence-electron chi connectivity index (χ4n) is 3.41. The fourth-order valence-corrected chi connectivity index (χ4v) is 3.81. The molecule has 0 bridgehead atoms. The molecule has 0 saturated heterocycles. The van der Waals surface area contributed by atoms with Crippen LogP contribution in [0.25, 0.3) is 16.9 Å². The Morgan fingerprint density at radius 2 is 1.69 bits per heavy atom. The van der Waals surface area contributed by atoms with Crippen LogP contribution >= 0.6 is 23.2 Å². The van der Waals surface area contributed by atoms with Crippen LogP contribution in [-0.2, 0) is 6.54 Å². The van der Waals surface area contributed by atoms with Gasteiger partial charge in [-0.15, -0.1) is 0 Å². The van der Waals surface area contributed by atoms with Crippen molar-refractivity contribution in [1.82, 2.24) is 18.7 Å². The molecule has 0 atom stereocenters. The molecular weight excluding hydrogens is 411 g/mol. The predicted molar refractivity (Wildman–Crippen MR) is 116 cm³/mol. The van der Waals surface area contributed by atoms with E-state index in [0.717, 1.165) is 5.56 Å². The number of rotatable bonds is 4. The highest BCUT2D eigenvalue weighted by Gasteiger charge is 2.20. The number of hydrogen-bond donors (Lipinski definition) is 0. The minimum Gasteiger partial charge on any atom is -0.320 e. The van der Waals surface area contributed by atoms with Gasteiger partial charge in [-0.2, -0.15) is 0 Å². The Kier molecular flexibility index (Phi) is 5.06. The average molecular weight is 429 g/mol. The Bertz CT molecular complexity index is 1330. The molecule has 0 aliphatic rings. The van der Waals surface area contributed by atoms with Crippen LogP contribution in [0.1, 0.15) is 25.5 Å². The highest BCUT2D eigenvalue weighted by atomic mass is 35.5. The molecule has 0 spiro atoms. The van der Waals surface area contributed by atoms with Crippen molar-refractivity contribution in [1.29, 1.82) is 0 Å². The number of nitrogens with zero attached hydrogens (tertiary/aromatic N) is 4. The largest absolute Gasteiger partial charge is 0.337 e. The summed E-state index contributed by atoms with van der Waals surface area (Å²) in [5.41, 5.74) is 1.28. The highest BCUT2D eigenvalue weighted by molar-refractivity contribution is 6.31. The van der Waals surface area contributed by atoms with Crippen LogP contribution in [-0.4, -0.2) is 18.7 Å². The second kappa shape index (κ2) is 7.54. The zero-order valence-corrected chi connectivity index (χ0v) is 17.4. The van der Waals surface area contributed by atoms with E-state index < -0.39 is 5.69 Å². The Morgan fingerprint density at radius 1 is 1.00 bits per heavy atom. The molecule has 148 valence electrons. The van der Waals surface area contributed by atoms with Gasteiger partial charge in [0.15, 0.2) is 11.2 Å². The van der Waals surface area contributed by atoms with Gasteiger partial charge in [0.1, 0.15) is 0 Å². The van der Waals surface area contributed by atoms with Crippen molar-refractivity contribution in [3.05, 3.63) is 91.3 Å². The molecule has 2 heterocycles. The zero-order chi connectivity index (χ0) is 20.7. The molecule has 0 unspecified atom stereocenters. The van der Waals surface area contributed by atoms with E-state index in [4.69, 9.17) is 23.2 Å². The van der Waals surface area contributed by atoms with Gasteiger partial charge in [0.05, 0.1) is 12.0 Å². The summed E-state index contributed by atoms with van der Waals surface area (Å²) < 4.78 is 4.40. The Hall–Kier alpha value is -2.83. The first-order valence-corrected chi connectivity index (χ1v) is 9.85. The molecular formula is C21H18Cl2N4O2. The lowest BCUT2D eigenvalue weighted by molar-refractivity contribution is 0.539. The van der Waals surface area contributed by atoms with Crippen molar-refractivity contribution in [2.75, 3.05) is 0 Å². The van der Waals surface area contributed by atoms with Gasteiger partial charge in [-0.05, 0) is 49.7 Å². The van der Waals surface area contributed by atoms with Crippen molar-refractivity contribution in [2.24, 2.45) is 0 Å². The minimum atomic E-state index is -0.451. The average Bonchev–Trinajstić information content (AvgIpc) is 3.05. The Morgan fingerprint density at radius 3 is 2.34 bits per heavy atom. The molecule has 0 radical (unpaired) electrons. The molecule has 0 N–H and O–H groups in total. The molecule has 4 aromatic rings. The van der Waals surface area contributed by atoms with Crippen LogP contribution in [0, 0.1) is 0 Å². The van der Waals surface area contributed by atoms with Crippen molar-refractivity contribution < 1.29 is 0 Å². The number of fused-ring (bicyclic) bond motifs is 1. The van der Waals surface area contributed by atoms with E-state index in [2.05, 4.69) is 4.98 Å². The summed E-state index contributed by atoms with van der Waals surface area (Å²) in [6, 6.07) is 14.0. The molecule has 0 aliphatic heterocycles. The molecule has 8 heteroatoms. The van der Waals surface area contributed by atoms with E-state index in [-0.39, 0.29) is 11.6 Å². The maximum absolute atomic E-state index is 13.2. The van der Waals surface area contributed by atoms with E-state index in [1.807, 2.05) is 18.2 Å². The molecule has 0 fully saturated rings. The summed E-state index contributed by atoms with van der Waals surface area (Å²) in [6.07, 6.45) is 1.57. The van der Waals surface area contributed by atoms with E-state index >= 15 is 0 Å². The smallest absolute Gasteiger partial charge is 0.320 e. The van der Waals surface area contributed by atoms with E-state index in [0.29, 0.717) is 33.4 Å². The van der Waals surface area contributed by atoms with E-state index in [1.165, 1.54) is 9.13 Å². The van der Waals surface area contributed by atoms with Crippen molar-refractivity contribution in [3.63, 3.8) is 0 Å². The first-order chi connectivity index (χ1) is 13.9. The van der Waals surface area contributed by atoms with Crippen LogP contribution in [0.3, 0.4) is 0 Å². The monoisotopic (exact) mass is 428 g/mol. The number of imidazole rings is 1. The number of aromatic nitrogens is 4. The van der Waals surface area contributed by atoms with Gasteiger partial charge in [-0.1, -0.05) is 41.4 Å². The molecule has 4 rings (SSSR count). The lowest BCUT2D eigenvalue weighted by atomic mass is 10.2. The third-order valence-electron chi connectivity index (χ3n) is 4.67. The molecule has 0 amide bonds. The summed E-state index contributed by atoms with van der Waals surface area (Å²) in [5, 5.41) is 1.10. The summed E-state index contributed by atoms with van der Waals surface area (Å²) >= 11 is 12.2. The molecule has 2 aromatic carbocycles. The minimum absolute atomic E-state index is 0.293. The molecule has 0 aliphatic carbocycles. The van der Waals surface area contributed by atoms with Crippen LogP contribution < -0.4 is 11.2 Å². The lowest BCUT2D eigenvalue weighted by Gasteiger charge is -2.15. The molecule has 0 saturated carbocycles. The first-order valence-electron chi connectivity index (χ1n) is 9.09. The van der Waals surface area contributed by atoms with Crippen molar-refractivity contribution in [2.45, 2.75) is 26.4 Å². The second-order valence-corrected chi connectivity index (χ2v) is 7.91. The summed E-state index contributed by atoms with van der Waals surface area (Å²) in [6.45, 7) is 4.00. The SMILES string of the molecule is CC(C)n1c(=O)c2c(ncn2Cc2cccc(Cl)c2)n(-c2cccc(Cl)c2)c1=O. The maximum Gasteiger partial charge on any atom is 0.337 e. The molecule has 29 heavy (non-hydrogen) atoms. The van der Waals surface area contributed by atoms with Gasteiger partial charge in [-0.3, -0.25) is 9.36 Å². The van der Waals surface area contributed by atoms with Gasteiger partial charge in [0.2, 0.25) is 0 Å². The summed E-state index contributed by atoms with van der Waals surface area (Å²) in [4.78, 5) is 30.8. The third kappa shape index (κ3) is 3.50. The number of hydrogen-bond acceptors (Lipinski definition) is 3. The van der Waals surface area contributed by atoms with Gasteiger partial charge in [0, 0.05) is 22.6 Å². The standard InChI is InChI=1S/C21H18Cl2N4O2/c1-13(2)26-20(28)18-19(27(21(26)29)17-8-4-7-16(23)10-17)24-12-25(18)11-14-5-3-6-15(22)9-14/h3-10,12-13H,11H2,1-2H3. The first kappa shape index (κ1) is 19.5. The van der Waals surface area contributed by atoms with Crippen LogP contribution in [0.15, 0.2) is 64.4 Å². The lowest BCUT2D eigenvalue weighted by Crippen LogP contribution is -2.41. The number of benzene rings is 2. The van der Waals surface area contributed by atoms with Gasteiger partial charge in [0.25, 0.3) is 5.56 Å².